The van der Waals surface area contributed by atoms with Crippen molar-refractivity contribution in [2.75, 3.05) is 6.61 Å². The van der Waals surface area contributed by atoms with E-state index in [4.69, 9.17) is 14.2 Å². The van der Waals surface area contributed by atoms with Crippen molar-refractivity contribution in [3.8, 4) is 0 Å². The van der Waals surface area contributed by atoms with Crippen molar-refractivity contribution in [2.24, 2.45) is 0 Å². The van der Waals surface area contributed by atoms with Crippen molar-refractivity contribution in [1.29, 1.82) is 0 Å². The lowest BCUT2D eigenvalue weighted by Crippen LogP contribution is -2.35. The number of ether oxygens (including phenoxy) is 3. The maximum absolute atomic E-state index is 15.3. The Hall–Kier alpha value is -1.95. The molecule has 0 saturated carbocycles. The smallest absolute Gasteiger partial charge is 0.303 e. The van der Waals surface area contributed by atoms with Gasteiger partial charge >= 0.3 is 5.97 Å². The number of nitrogens with zero attached hydrogens (tertiary/aromatic N) is 4. The highest BCUT2D eigenvalue weighted by Crippen LogP contribution is 2.36. The zero-order valence-electron chi connectivity index (χ0n) is 15.7. The maximum Gasteiger partial charge on any atom is 0.303 e. The van der Waals surface area contributed by atoms with Crippen LogP contribution in [-0.4, -0.2) is 50.5 Å². The van der Waals surface area contributed by atoms with Gasteiger partial charge in [-0.05, 0) is 37.4 Å². The third kappa shape index (κ3) is 4.39. The van der Waals surface area contributed by atoms with E-state index in [1.165, 1.54) is 17.8 Å². The summed E-state index contributed by atoms with van der Waals surface area (Å²) in [5.74, 6) is -0.594. The number of imidazole rings is 1. The predicted molar refractivity (Wildman–Crippen MR) is 111 cm³/mol. The summed E-state index contributed by atoms with van der Waals surface area (Å²) in [6.45, 7) is 1.62. The predicted octanol–water partition coefficient (Wildman–Crippen LogP) is 3.74. The quantitative estimate of drug-likeness (QED) is 0.266. The molecule has 3 heterocycles. The van der Waals surface area contributed by atoms with E-state index in [1.54, 1.807) is 0 Å². The zero-order chi connectivity index (χ0) is 21.3. The van der Waals surface area contributed by atoms with Crippen molar-refractivity contribution in [1.82, 2.24) is 19.5 Å². The van der Waals surface area contributed by atoms with Gasteiger partial charge in [0, 0.05) is 6.92 Å². The van der Waals surface area contributed by atoms with Gasteiger partial charge in [-0.2, -0.15) is 0 Å². The minimum Gasteiger partial charge on any atom is -0.456 e. The lowest BCUT2D eigenvalue weighted by atomic mass is 10.1. The maximum atomic E-state index is 15.3. The topological polar surface area (TPSA) is 88.4 Å². The molecule has 1 aliphatic heterocycles. The molecule has 4 rings (SSSR count). The van der Waals surface area contributed by atoms with Crippen LogP contribution in [-0.2, 0) is 25.6 Å². The van der Waals surface area contributed by atoms with Crippen LogP contribution in [0.1, 0.15) is 18.7 Å². The third-order valence-electron chi connectivity index (χ3n) is 4.59. The summed E-state index contributed by atoms with van der Waals surface area (Å²) in [6.07, 6.45) is -3.20. The Kier molecular flexibility index (Phi) is 6.42. The Morgan fingerprint density at radius 3 is 2.77 bits per heavy atom. The van der Waals surface area contributed by atoms with Gasteiger partial charge < -0.3 is 14.2 Å². The van der Waals surface area contributed by atoms with Crippen LogP contribution in [0.4, 0.5) is 4.39 Å². The Balaban J connectivity index is 1.55. The fourth-order valence-electron chi connectivity index (χ4n) is 3.30. The van der Waals surface area contributed by atoms with Crippen molar-refractivity contribution >= 4 is 49.0 Å². The second-order valence-corrected chi connectivity index (χ2v) is 8.15. The molecule has 4 atom stereocenters. The number of carbonyl (C=O) groups is 1. The molecule has 1 saturated heterocycles. The average molecular weight is 544 g/mol. The van der Waals surface area contributed by atoms with E-state index in [2.05, 4.69) is 46.8 Å². The third-order valence-corrected chi connectivity index (χ3v) is 5.50. The molecular weight excluding hydrogens is 527 g/mol. The molecule has 3 aromatic rings. The molecule has 158 valence electrons. The number of halogens is 3. The van der Waals surface area contributed by atoms with Crippen LogP contribution in [0, 0.1) is 0 Å². The highest BCUT2D eigenvalue weighted by atomic mass is 79.9. The summed E-state index contributed by atoms with van der Waals surface area (Å²) >= 11 is 6.54. The van der Waals surface area contributed by atoms with Gasteiger partial charge in [-0.3, -0.25) is 9.36 Å². The van der Waals surface area contributed by atoms with E-state index < -0.39 is 30.6 Å². The Labute approximate surface area is 188 Å². The first-order chi connectivity index (χ1) is 14.4. The number of alkyl halides is 1. The van der Waals surface area contributed by atoms with Gasteiger partial charge in [-0.15, -0.1) is 0 Å². The molecule has 0 N–H and O–H groups in total. The minimum atomic E-state index is -1.64. The SMILES string of the molecule is CC(=O)O[C@H]1[C@H](F)[C@H](n2cnc3c(Br)nc(Br)nc32)O[C@@H]1COCc1ccccc1. The number of carbonyl (C=O) groups excluding carboxylic acids is 1. The highest BCUT2D eigenvalue weighted by Gasteiger charge is 2.49. The van der Waals surface area contributed by atoms with Gasteiger partial charge in [-0.25, -0.2) is 19.3 Å². The van der Waals surface area contributed by atoms with E-state index in [0.29, 0.717) is 27.1 Å². The first kappa shape index (κ1) is 21.3. The van der Waals surface area contributed by atoms with Crippen LogP contribution in [0.15, 0.2) is 46.0 Å². The number of aromatic nitrogens is 4. The zero-order valence-corrected chi connectivity index (χ0v) is 18.9. The van der Waals surface area contributed by atoms with E-state index >= 15 is 4.39 Å². The summed E-state index contributed by atoms with van der Waals surface area (Å²) in [7, 11) is 0. The summed E-state index contributed by atoms with van der Waals surface area (Å²) in [5.41, 5.74) is 1.81. The van der Waals surface area contributed by atoms with E-state index in [0.717, 1.165) is 5.56 Å². The van der Waals surface area contributed by atoms with Crippen LogP contribution in [0.5, 0.6) is 0 Å². The fraction of sp³-hybridized carbons (Fsp3) is 0.368. The number of benzene rings is 1. The van der Waals surface area contributed by atoms with E-state index in [-0.39, 0.29) is 6.61 Å². The standard InChI is InChI=1S/C19H17Br2FN4O4/c1-10(27)29-15-12(8-28-7-11-5-3-2-4-6-11)30-18(13(15)22)26-9-23-14-16(20)24-19(21)25-17(14)26/h2-6,9,12-13,15,18H,7-8H2,1H3/t12-,13+,15-,18-/m1/s1. The minimum absolute atomic E-state index is 0.0543. The van der Waals surface area contributed by atoms with Crippen molar-refractivity contribution in [2.45, 2.75) is 38.1 Å². The van der Waals surface area contributed by atoms with Crippen LogP contribution >= 0.6 is 31.9 Å². The van der Waals surface area contributed by atoms with Gasteiger partial charge in [0.2, 0.25) is 0 Å². The van der Waals surface area contributed by atoms with E-state index in [1.807, 2.05) is 30.3 Å². The van der Waals surface area contributed by atoms with Crippen molar-refractivity contribution in [3.05, 3.63) is 51.6 Å². The fourth-order valence-corrected chi connectivity index (χ4v) is 4.33. The average Bonchev–Trinajstić information content (AvgIpc) is 3.25. The Bertz CT molecular complexity index is 1050. The molecule has 0 aliphatic carbocycles. The largest absolute Gasteiger partial charge is 0.456 e. The summed E-state index contributed by atoms with van der Waals surface area (Å²) in [4.78, 5) is 24.2. The molecule has 0 spiro atoms. The Morgan fingerprint density at radius 1 is 1.27 bits per heavy atom. The Morgan fingerprint density at radius 2 is 2.03 bits per heavy atom. The number of rotatable bonds is 6. The molecule has 0 bridgehead atoms. The molecule has 1 aliphatic rings. The molecule has 0 radical (unpaired) electrons. The van der Waals surface area contributed by atoms with Gasteiger partial charge in [-0.1, -0.05) is 30.3 Å². The van der Waals surface area contributed by atoms with E-state index in [9.17, 15) is 4.79 Å². The van der Waals surface area contributed by atoms with Crippen LogP contribution in [0.2, 0.25) is 0 Å². The van der Waals surface area contributed by atoms with Gasteiger partial charge in [0.1, 0.15) is 16.2 Å². The summed E-state index contributed by atoms with van der Waals surface area (Å²) in [6, 6.07) is 9.57. The molecule has 11 heteroatoms. The normalized spacial score (nSPS) is 23.7. The number of esters is 1. The summed E-state index contributed by atoms with van der Waals surface area (Å²) in [5, 5.41) is 0. The monoisotopic (exact) mass is 542 g/mol. The molecular formula is C19H17Br2FN4O4. The van der Waals surface area contributed by atoms with Crippen molar-refractivity contribution in [3.63, 3.8) is 0 Å². The first-order valence-electron chi connectivity index (χ1n) is 9.08. The van der Waals surface area contributed by atoms with Crippen LogP contribution in [0.25, 0.3) is 11.2 Å². The molecule has 1 aromatic carbocycles. The second kappa shape index (κ2) is 9.04. The number of hydrogen-bond acceptors (Lipinski definition) is 7. The number of fused-ring (bicyclic) bond motifs is 1. The number of hydrogen-bond donors (Lipinski definition) is 0. The highest BCUT2D eigenvalue weighted by molar-refractivity contribution is 9.11. The lowest BCUT2D eigenvalue weighted by molar-refractivity contribution is -0.153. The van der Waals surface area contributed by atoms with Crippen molar-refractivity contribution < 1.29 is 23.4 Å². The molecule has 0 unspecified atom stereocenters. The lowest BCUT2D eigenvalue weighted by Gasteiger charge is -2.18. The molecule has 2 aromatic heterocycles. The van der Waals surface area contributed by atoms with Gasteiger partial charge in [0.05, 0.1) is 19.5 Å². The molecule has 30 heavy (non-hydrogen) atoms. The van der Waals surface area contributed by atoms with Gasteiger partial charge in [0.25, 0.3) is 0 Å². The van der Waals surface area contributed by atoms with Gasteiger partial charge in [0.15, 0.2) is 28.9 Å². The molecule has 0 amide bonds. The summed E-state index contributed by atoms with van der Waals surface area (Å²) < 4.78 is 34.4. The van der Waals surface area contributed by atoms with Crippen LogP contribution < -0.4 is 0 Å². The molecule has 1 fully saturated rings. The molecule has 8 nitrogen and oxygen atoms in total. The second-order valence-electron chi connectivity index (χ2n) is 6.69. The van der Waals surface area contributed by atoms with Crippen LogP contribution in [0.3, 0.4) is 0 Å². The first-order valence-corrected chi connectivity index (χ1v) is 10.7.